The van der Waals surface area contributed by atoms with Gasteiger partial charge in [0.05, 0.1) is 7.11 Å². The van der Waals surface area contributed by atoms with Gasteiger partial charge in [-0.1, -0.05) is 27.5 Å². The van der Waals surface area contributed by atoms with Gasteiger partial charge in [-0.15, -0.1) is 0 Å². The fourth-order valence-corrected chi connectivity index (χ4v) is 1.55. The van der Waals surface area contributed by atoms with E-state index in [0.29, 0.717) is 0 Å². The Hall–Kier alpha value is -0.210. The normalized spacial score (nSPS) is 12.7. The van der Waals surface area contributed by atoms with Gasteiger partial charge in [0.1, 0.15) is 5.75 Å². The monoisotopic (exact) mass is 248 g/mol. The SMILES string of the molecule is COc1ccc(Cl)cc1C(C)Br. The summed E-state index contributed by atoms with van der Waals surface area (Å²) in [5.41, 5.74) is 1.07. The van der Waals surface area contributed by atoms with Crippen molar-refractivity contribution in [3.8, 4) is 5.75 Å². The molecule has 66 valence electrons. The Labute approximate surface area is 85.8 Å². The summed E-state index contributed by atoms with van der Waals surface area (Å²) in [6, 6.07) is 5.59. The van der Waals surface area contributed by atoms with E-state index >= 15 is 0 Å². The lowest BCUT2D eigenvalue weighted by molar-refractivity contribution is 0.410. The molecule has 3 heteroatoms. The Kier molecular flexibility index (Phi) is 3.41. The Balaban J connectivity index is 3.12. The number of rotatable bonds is 2. The van der Waals surface area contributed by atoms with E-state index in [1.165, 1.54) is 0 Å². The molecule has 1 aromatic carbocycles. The zero-order valence-electron chi connectivity index (χ0n) is 6.97. The van der Waals surface area contributed by atoms with Gasteiger partial charge < -0.3 is 4.74 Å². The molecular formula is C9H10BrClO. The molecule has 12 heavy (non-hydrogen) atoms. The third kappa shape index (κ3) is 2.14. The van der Waals surface area contributed by atoms with Crippen molar-refractivity contribution in [3.63, 3.8) is 0 Å². The van der Waals surface area contributed by atoms with Crippen molar-refractivity contribution in [2.24, 2.45) is 0 Å². The lowest BCUT2D eigenvalue weighted by Gasteiger charge is -2.10. The molecule has 1 atom stereocenters. The molecule has 1 nitrogen and oxygen atoms in total. The summed E-state index contributed by atoms with van der Waals surface area (Å²) in [4.78, 5) is 0.256. The number of methoxy groups -OCH3 is 1. The first-order valence-electron chi connectivity index (χ1n) is 3.62. The molecule has 0 spiro atoms. The lowest BCUT2D eigenvalue weighted by atomic mass is 10.1. The minimum absolute atomic E-state index is 0.256. The van der Waals surface area contributed by atoms with Crippen molar-refractivity contribution in [1.29, 1.82) is 0 Å². The molecule has 1 unspecified atom stereocenters. The number of hydrogen-bond donors (Lipinski definition) is 0. The van der Waals surface area contributed by atoms with Crippen LogP contribution in [0.4, 0.5) is 0 Å². The third-order valence-corrected chi connectivity index (χ3v) is 2.35. The van der Waals surface area contributed by atoms with Crippen LogP contribution in [0, 0.1) is 0 Å². The second-order valence-corrected chi connectivity index (χ2v) is 4.31. The van der Waals surface area contributed by atoms with Crippen molar-refractivity contribution in [2.45, 2.75) is 11.8 Å². The van der Waals surface area contributed by atoms with Gasteiger partial charge >= 0.3 is 0 Å². The van der Waals surface area contributed by atoms with Gasteiger partial charge in [-0.2, -0.15) is 0 Å². The van der Waals surface area contributed by atoms with Gasteiger partial charge in [0.15, 0.2) is 0 Å². The van der Waals surface area contributed by atoms with Gasteiger partial charge in [0.25, 0.3) is 0 Å². The average Bonchev–Trinajstić information content (AvgIpc) is 2.04. The van der Waals surface area contributed by atoms with Crippen LogP contribution in [0.25, 0.3) is 0 Å². The summed E-state index contributed by atoms with van der Waals surface area (Å²) >= 11 is 9.31. The van der Waals surface area contributed by atoms with E-state index < -0.39 is 0 Å². The summed E-state index contributed by atoms with van der Waals surface area (Å²) in [6.45, 7) is 2.04. The highest BCUT2D eigenvalue weighted by Gasteiger charge is 2.08. The molecule has 0 radical (unpaired) electrons. The number of ether oxygens (including phenoxy) is 1. The van der Waals surface area contributed by atoms with Crippen LogP contribution in [-0.4, -0.2) is 7.11 Å². The van der Waals surface area contributed by atoms with Crippen molar-refractivity contribution < 1.29 is 4.74 Å². The molecule has 0 heterocycles. The first kappa shape index (κ1) is 9.87. The van der Waals surface area contributed by atoms with Crippen molar-refractivity contribution in [3.05, 3.63) is 28.8 Å². The van der Waals surface area contributed by atoms with E-state index in [9.17, 15) is 0 Å². The Morgan fingerprint density at radius 1 is 1.50 bits per heavy atom. The maximum atomic E-state index is 5.84. The largest absolute Gasteiger partial charge is 0.496 e. The van der Waals surface area contributed by atoms with Crippen LogP contribution in [0.5, 0.6) is 5.75 Å². The van der Waals surface area contributed by atoms with Crippen molar-refractivity contribution >= 4 is 27.5 Å². The van der Waals surface area contributed by atoms with Crippen LogP contribution in [-0.2, 0) is 0 Å². The fourth-order valence-electron chi connectivity index (χ4n) is 1.02. The maximum absolute atomic E-state index is 5.84. The zero-order chi connectivity index (χ0) is 9.14. The highest BCUT2D eigenvalue weighted by molar-refractivity contribution is 9.09. The van der Waals surface area contributed by atoms with Crippen molar-refractivity contribution in [2.75, 3.05) is 7.11 Å². The van der Waals surface area contributed by atoms with Gasteiger partial charge in [0.2, 0.25) is 0 Å². The fraction of sp³-hybridized carbons (Fsp3) is 0.333. The molecule has 0 fully saturated rings. The molecule has 1 aromatic rings. The number of hydrogen-bond acceptors (Lipinski definition) is 1. The van der Waals surface area contributed by atoms with Crippen LogP contribution in [0.3, 0.4) is 0 Å². The summed E-state index contributed by atoms with van der Waals surface area (Å²) < 4.78 is 5.17. The first-order chi connectivity index (χ1) is 5.65. The Morgan fingerprint density at radius 2 is 2.17 bits per heavy atom. The topological polar surface area (TPSA) is 9.23 Å². The number of benzene rings is 1. The van der Waals surface area contributed by atoms with Gasteiger partial charge in [-0.05, 0) is 25.1 Å². The average molecular weight is 250 g/mol. The zero-order valence-corrected chi connectivity index (χ0v) is 9.32. The van der Waals surface area contributed by atoms with E-state index in [1.54, 1.807) is 7.11 Å². The van der Waals surface area contributed by atoms with E-state index in [-0.39, 0.29) is 4.83 Å². The summed E-state index contributed by atoms with van der Waals surface area (Å²) in [5.74, 6) is 0.865. The van der Waals surface area contributed by atoms with Crippen molar-refractivity contribution in [1.82, 2.24) is 0 Å². The molecule has 0 N–H and O–H groups in total. The molecule has 0 aromatic heterocycles. The molecular weight excluding hydrogens is 239 g/mol. The molecule has 0 aliphatic heterocycles. The van der Waals surface area contributed by atoms with E-state index in [0.717, 1.165) is 16.3 Å². The highest BCUT2D eigenvalue weighted by atomic mass is 79.9. The van der Waals surface area contributed by atoms with E-state index in [1.807, 2.05) is 25.1 Å². The second kappa shape index (κ2) is 4.15. The Bertz CT molecular complexity index is 273. The van der Waals surface area contributed by atoms with Gasteiger partial charge in [0, 0.05) is 15.4 Å². The number of alkyl halides is 1. The summed E-state index contributed by atoms with van der Waals surface area (Å²) in [6.07, 6.45) is 0. The molecule has 0 aliphatic rings. The Morgan fingerprint density at radius 3 is 2.67 bits per heavy atom. The molecule has 0 saturated carbocycles. The predicted molar refractivity (Wildman–Crippen MR) is 55.3 cm³/mol. The van der Waals surface area contributed by atoms with Gasteiger partial charge in [-0.3, -0.25) is 0 Å². The lowest BCUT2D eigenvalue weighted by Crippen LogP contribution is -1.91. The van der Waals surface area contributed by atoms with E-state index in [2.05, 4.69) is 15.9 Å². The predicted octanol–water partition coefficient (Wildman–Crippen LogP) is 3.80. The summed E-state index contributed by atoms with van der Waals surface area (Å²) in [7, 11) is 1.65. The molecule has 1 rings (SSSR count). The molecule has 0 amide bonds. The third-order valence-electron chi connectivity index (χ3n) is 1.62. The van der Waals surface area contributed by atoms with Crippen LogP contribution in [0.2, 0.25) is 5.02 Å². The molecule has 0 bridgehead atoms. The summed E-state index contributed by atoms with van der Waals surface area (Å²) in [5, 5.41) is 0.733. The van der Waals surface area contributed by atoms with Crippen LogP contribution in [0.1, 0.15) is 17.3 Å². The smallest absolute Gasteiger partial charge is 0.123 e. The highest BCUT2D eigenvalue weighted by Crippen LogP contribution is 2.32. The first-order valence-corrected chi connectivity index (χ1v) is 4.92. The number of halogens is 2. The van der Waals surface area contributed by atoms with Crippen LogP contribution < -0.4 is 4.74 Å². The van der Waals surface area contributed by atoms with Crippen LogP contribution in [0.15, 0.2) is 18.2 Å². The molecule has 0 aliphatic carbocycles. The van der Waals surface area contributed by atoms with E-state index in [4.69, 9.17) is 16.3 Å². The maximum Gasteiger partial charge on any atom is 0.123 e. The minimum Gasteiger partial charge on any atom is -0.496 e. The van der Waals surface area contributed by atoms with Crippen LogP contribution >= 0.6 is 27.5 Å². The second-order valence-electron chi connectivity index (χ2n) is 2.50. The standard InChI is InChI=1S/C9H10BrClO/c1-6(10)8-5-7(11)3-4-9(8)12-2/h3-6H,1-2H3. The quantitative estimate of drug-likeness (QED) is 0.724. The minimum atomic E-state index is 0.256. The molecule has 0 saturated heterocycles. The van der Waals surface area contributed by atoms with Gasteiger partial charge in [-0.25, -0.2) is 0 Å².